The van der Waals surface area contributed by atoms with Gasteiger partial charge in [0.2, 0.25) is 0 Å². The highest BCUT2D eigenvalue weighted by Crippen LogP contribution is 2.34. The molecule has 1 aromatic heterocycles. The van der Waals surface area contributed by atoms with Crippen molar-refractivity contribution in [2.24, 2.45) is 0 Å². The van der Waals surface area contributed by atoms with Crippen molar-refractivity contribution in [3.63, 3.8) is 0 Å². The molecule has 0 bridgehead atoms. The van der Waals surface area contributed by atoms with E-state index in [-0.39, 0.29) is 0 Å². The number of thiophene rings is 1. The highest BCUT2D eigenvalue weighted by Gasteiger charge is 2.33. The van der Waals surface area contributed by atoms with E-state index in [0.29, 0.717) is 25.2 Å². The Balaban J connectivity index is 1.51. The minimum Gasteiger partial charge on any atom is -0.307 e. The van der Waals surface area contributed by atoms with E-state index in [2.05, 4.69) is 16.8 Å². The molecule has 0 radical (unpaired) electrons. The average molecular weight is 318 g/mol. The molecule has 1 N–H and O–H groups in total. The summed E-state index contributed by atoms with van der Waals surface area (Å²) in [5, 5.41) is 5.83. The van der Waals surface area contributed by atoms with E-state index in [0.717, 1.165) is 19.3 Å². The molecule has 1 unspecified atom stereocenters. The smallest absolute Gasteiger partial charge is 0.307 e. The molecule has 6 heteroatoms. The Morgan fingerprint density at radius 2 is 2.00 bits per heavy atom. The summed E-state index contributed by atoms with van der Waals surface area (Å²) in [6.45, 7) is 0.318. The number of aryl methyl sites for hydroxylation is 1. The molecule has 2 aliphatic rings. The lowest BCUT2D eigenvalue weighted by Gasteiger charge is -2.35. The summed E-state index contributed by atoms with van der Waals surface area (Å²) >= 11 is 1.82. The topological polar surface area (TPSA) is 15.3 Å². The molecule has 0 spiro atoms. The number of nitrogens with one attached hydrogen (secondary N) is 1. The fraction of sp³-hybridized carbons (Fsp3) is 0.733. The van der Waals surface area contributed by atoms with Crippen LogP contribution in [0.3, 0.4) is 0 Å². The molecule has 21 heavy (non-hydrogen) atoms. The molecule has 2 heterocycles. The van der Waals surface area contributed by atoms with Gasteiger partial charge in [0.15, 0.2) is 0 Å². The molecule has 118 valence electrons. The van der Waals surface area contributed by atoms with Crippen LogP contribution in [0, 0.1) is 0 Å². The van der Waals surface area contributed by atoms with Crippen LogP contribution < -0.4 is 5.32 Å². The molecule has 1 aliphatic heterocycles. The minimum absolute atomic E-state index is 0.352. The van der Waals surface area contributed by atoms with Gasteiger partial charge in [-0.05, 0) is 62.2 Å². The Bertz CT molecular complexity index is 464. The normalized spacial score (nSPS) is 25.0. The summed E-state index contributed by atoms with van der Waals surface area (Å²) < 4.78 is 37.2. The van der Waals surface area contributed by atoms with E-state index in [4.69, 9.17) is 0 Å². The van der Waals surface area contributed by atoms with E-state index in [1.165, 1.54) is 28.2 Å². The second kappa shape index (κ2) is 6.26. The van der Waals surface area contributed by atoms with Crippen molar-refractivity contribution in [1.29, 1.82) is 0 Å². The second-order valence-electron chi connectivity index (χ2n) is 6.08. The van der Waals surface area contributed by atoms with Gasteiger partial charge in [-0.2, -0.15) is 13.2 Å². The molecule has 1 saturated heterocycles. The summed E-state index contributed by atoms with van der Waals surface area (Å²) in [5.74, 6) is 0. The lowest BCUT2D eigenvalue weighted by Crippen LogP contribution is -2.46. The number of halogens is 3. The maximum absolute atomic E-state index is 12.4. The van der Waals surface area contributed by atoms with E-state index >= 15 is 0 Å². The highest BCUT2D eigenvalue weighted by atomic mass is 32.1. The summed E-state index contributed by atoms with van der Waals surface area (Å²) in [7, 11) is 0. The largest absolute Gasteiger partial charge is 0.401 e. The van der Waals surface area contributed by atoms with Gasteiger partial charge in [-0.1, -0.05) is 0 Å². The van der Waals surface area contributed by atoms with Crippen LogP contribution in [-0.2, 0) is 6.42 Å². The van der Waals surface area contributed by atoms with Gasteiger partial charge in [0.05, 0.1) is 6.54 Å². The fourth-order valence-electron chi connectivity index (χ4n) is 3.46. The SMILES string of the molecule is FC(F)(F)CN1CCC(NC2CCCc3sccc32)CC1. The predicted molar refractivity (Wildman–Crippen MR) is 78.7 cm³/mol. The lowest BCUT2D eigenvalue weighted by molar-refractivity contribution is -0.148. The molecular formula is C15H21F3N2S. The fourth-order valence-corrected chi connectivity index (χ4v) is 4.44. The van der Waals surface area contributed by atoms with E-state index < -0.39 is 12.7 Å². The van der Waals surface area contributed by atoms with Gasteiger partial charge in [0.25, 0.3) is 0 Å². The number of fused-ring (bicyclic) bond motifs is 1. The van der Waals surface area contributed by atoms with Gasteiger partial charge in [0, 0.05) is 17.0 Å². The van der Waals surface area contributed by atoms with Crippen LogP contribution in [0.25, 0.3) is 0 Å². The molecule has 2 nitrogen and oxygen atoms in total. The van der Waals surface area contributed by atoms with Gasteiger partial charge in [-0.25, -0.2) is 0 Å². The van der Waals surface area contributed by atoms with Gasteiger partial charge < -0.3 is 5.32 Å². The summed E-state index contributed by atoms with van der Waals surface area (Å²) in [6.07, 6.45) is 1.08. The number of hydrogen-bond donors (Lipinski definition) is 1. The van der Waals surface area contributed by atoms with Gasteiger partial charge in [0.1, 0.15) is 0 Å². The third-order valence-electron chi connectivity index (χ3n) is 4.48. The predicted octanol–water partition coefficient (Wildman–Crippen LogP) is 3.74. The van der Waals surface area contributed by atoms with Crippen LogP contribution in [0.1, 0.15) is 42.2 Å². The number of nitrogens with zero attached hydrogens (tertiary/aromatic N) is 1. The van der Waals surface area contributed by atoms with Gasteiger partial charge in [-0.15, -0.1) is 11.3 Å². The summed E-state index contributed by atoms with van der Waals surface area (Å²) in [4.78, 5) is 3.00. The van der Waals surface area contributed by atoms with Crippen LogP contribution in [0.2, 0.25) is 0 Å². The van der Waals surface area contributed by atoms with Crippen molar-refractivity contribution in [1.82, 2.24) is 10.2 Å². The Morgan fingerprint density at radius 1 is 1.24 bits per heavy atom. The zero-order valence-corrected chi connectivity index (χ0v) is 12.8. The summed E-state index contributed by atoms with van der Waals surface area (Å²) in [5.41, 5.74) is 1.42. The van der Waals surface area contributed by atoms with E-state index in [9.17, 15) is 13.2 Å². The monoisotopic (exact) mass is 318 g/mol. The zero-order chi connectivity index (χ0) is 14.9. The van der Waals surface area contributed by atoms with Crippen molar-refractivity contribution in [3.8, 4) is 0 Å². The van der Waals surface area contributed by atoms with Gasteiger partial charge >= 0.3 is 6.18 Å². The Morgan fingerprint density at radius 3 is 2.71 bits per heavy atom. The summed E-state index contributed by atoms with van der Waals surface area (Å²) in [6, 6.07) is 2.96. The lowest BCUT2D eigenvalue weighted by atomic mass is 9.92. The number of alkyl halides is 3. The molecule has 0 amide bonds. The molecule has 1 fully saturated rings. The third-order valence-corrected chi connectivity index (χ3v) is 5.48. The maximum Gasteiger partial charge on any atom is 0.401 e. The number of hydrogen-bond acceptors (Lipinski definition) is 3. The van der Waals surface area contributed by atoms with E-state index in [1.54, 1.807) is 0 Å². The standard InChI is InChI=1S/C15H21F3N2S/c16-15(17,18)10-20-7-4-11(5-8-20)19-13-2-1-3-14-12(13)6-9-21-14/h6,9,11,13,19H,1-5,7-8,10H2. The highest BCUT2D eigenvalue weighted by molar-refractivity contribution is 7.10. The first-order valence-corrected chi connectivity index (χ1v) is 8.50. The number of likely N-dealkylation sites (tertiary alicyclic amines) is 1. The molecule has 1 aromatic rings. The molecular weight excluding hydrogens is 297 g/mol. The van der Waals surface area contributed by atoms with Crippen molar-refractivity contribution >= 4 is 11.3 Å². The molecule has 3 rings (SSSR count). The molecule has 0 saturated carbocycles. The van der Waals surface area contributed by atoms with Crippen molar-refractivity contribution in [2.45, 2.75) is 50.4 Å². The van der Waals surface area contributed by atoms with Crippen LogP contribution in [-0.4, -0.2) is 36.8 Å². The Labute approximate surface area is 127 Å². The molecule has 1 atom stereocenters. The van der Waals surface area contributed by atoms with Crippen LogP contribution >= 0.6 is 11.3 Å². The Hall–Kier alpha value is -0.590. The van der Waals surface area contributed by atoms with E-state index in [1.807, 2.05) is 11.3 Å². The van der Waals surface area contributed by atoms with Crippen molar-refractivity contribution in [3.05, 3.63) is 21.9 Å². The number of piperidine rings is 1. The first-order valence-electron chi connectivity index (χ1n) is 7.63. The maximum atomic E-state index is 12.4. The van der Waals surface area contributed by atoms with Crippen LogP contribution in [0.5, 0.6) is 0 Å². The van der Waals surface area contributed by atoms with Crippen LogP contribution in [0.4, 0.5) is 13.2 Å². The first kappa shape index (κ1) is 15.3. The Kier molecular flexibility index (Phi) is 4.57. The minimum atomic E-state index is -4.07. The van der Waals surface area contributed by atoms with Crippen LogP contribution in [0.15, 0.2) is 11.4 Å². The molecule has 1 aliphatic carbocycles. The quantitative estimate of drug-likeness (QED) is 0.913. The second-order valence-corrected chi connectivity index (χ2v) is 7.08. The number of rotatable bonds is 3. The van der Waals surface area contributed by atoms with Gasteiger partial charge in [-0.3, -0.25) is 4.90 Å². The average Bonchev–Trinajstić information content (AvgIpc) is 2.89. The van der Waals surface area contributed by atoms with Crippen molar-refractivity contribution < 1.29 is 13.2 Å². The first-order chi connectivity index (χ1) is 10.0. The molecule has 0 aromatic carbocycles. The third kappa shape index (κ3) is 3.99. The zero-order valence-electron chi connectivity index (χ0n) is 12.0. The van der Waals surface area contributed by atoms with Crippen molar-refractivity contribution in [2.75, 3.05) is 19.6 Å².